The van der Waals surface area contributed by atoms with Crippen molar-refractivity contribution in [3.8, 4) is 0 Å². The Hall–Kier alpha value is 0. The zero-order valence-electron chi connectivity index (χ0n) is 12.4. The van der Waals surface area contributed by atoms with Gasteiger partial charge in [-0.3, -0.25) is 0 Å². The van der Waals surface area contributed by atoms with Crippen LogP contribution in [0.1, 0.15) is 74.1 Å². The summed E-state index contributed by atoms with van der Waals surface area (Å²) in [7, 11) is 0. The van der Waals surface area contributed by atoms with Crippen LogP contribution in [-0.4, -0.2) is 0 Å². The van der Waals surface area contributed by atoms with E-state index in [1.54, 1.807) is 0 Å². The van der Waals surface area contributed by atoms with E-state index in [-0.39, 0.29) is 0 Å². The Morgan fingerprint density at radius 1 is 0.812 bits per heavy atom. The minimum atomic E-state index is 0.531. The first kappa shape index (κ1) is 12.5. The summed E-state index contributed by atoms with van der Waals surface area (Å²) in [6.45, 7) is 17.5. The Bertz CT molecular complexity index is 295. The zero-order chi connectivity index (χ0) is 12.4. The van der Waals surface area contributed by atoms with Crippen molar-refractivity contribution in [2.45, 2.75) is 74.1 Å². The van der Waals surface area contributed by atoms with Gasteiger partial charge in [0, 0.05) is 0 Å². The van der Waals surface area contributed by atoms with Gasteiger partial charge in [-0.15, -0.1) is 0 Å². The molecule has 0 bridgehead atoms. The maximum atomic E-state index is 2.53. The highest BCUT2D eigenvalue weighted by Gasteiger charge is 2.64. The van der Waals surface area contributed by atoms with Crippen LogP contribution in [0.25, 0.3) is 0 Å². The monoisotopic (exact) mass is 222 g/mol. The Morgan fingerprint density at radius 3 is 1.75 bits per heavy atom. The molecule has 0 N–H and O–H groups in total. The highest BCUT2D eigenvalue weighted by atomic mass is 14.7. The van der Waals surface area contributed by atoms with Gasteiger partial charge in [0.1, 0.15) is 0 Å². The molecule has 2 unspecified atom stereocenters. The van der Waals surface area contributed by atoms with Crippen molar-refractivity contribution in [3.05, 3.63) is 0 Å². The topological polar surface area (TPSA) is 0 Å². The fourth-order valence-electron chi connectivity index (χ4n) is 4.94. The molecule has 16 heavy (non-hydrogen) atoms. The SMILES string of the molecule is CC1CC(C)(C)C2(CCC2(C)C)CC1(C)C. The average molecular weight is 222 g/mol. The largest absolute Gasteiger partial charge is 0.0620 e. The third-order valence-electron chi connectivity index (χ3n) is 6.68. The molecule has 0 aromatic rings. The maximum absolute atomic E-state index is 2.53. The molecule has 0 heteroatoms. The molecule has 2 aliphatic carbocycles. The molecule has 2 atom stereocenters. The molecule has 94 valence electrons. The van der Waals surface area contributed by atoms with E-state index in [1.165, 1.54) is 25.7 Å². The van der Waals surface area contributed by atoms with Crippen LogP contribution >= 0.6 is 0 Å². The van der Waals surface area contributed by atoms with Gasteiger partial charge >= 0.3 is 0 Å². The van der Waals surface area contributed by atoms with Gasteiger partial charge in [-0.25, -0.2) is 0 Å². The number of hydrogen-bond donors (Lipinski definition) is 0. The quantitative estimate of drug-likeness (QED) is 0.523. The zero-order valence-corrected chi connectivity index (χ0v) is 12.4. The second-order valence-corrected chi connectivity index (χ2v) is 8.62. The van der Waals surface area contributed by atoms with E-state index >= 15 is 0 Å². The molecule has 0 radical (unpaired) electrons. The van der Waals surface area contributed by atoms with Crippen LogP contribution in [0.15, 0.2) is 0 Å². The van der Waals surface area contributed by atoms with E-state index in [0.29, 0.717) is 21.7 Å². The molecule has 0 amide bonds. The molecule has 1 spiro atoms. The summed E-state index contributed by atoms with van der Waals surface area (Å²) in [5.74, 6) is 0.865. The lowest BCUT2D eigenvalue weighted by Crippen LogP contribution is -2.61. The van der Waals surface area contributed by atoms with Crippen LogP contribution in [0, 0.1) is 27.6 Å². The Morgan fingerprint density at radius 2 is 1.38 bits per heavy atom. The van der Waals surface area contributed by atoms with Gasteiger partial charge in [-0.2, -0.15) is 0 Å². The summed E-state index contributed by atoms with van der Waals surface area (Å²) in [6, 6.07) is 0. The minimum absolute atomic E-state index is 0.531. The molecule has 2 rings (SSSR count). The molecule has 0 aromatic heterocycles. The van der Waals surface area contributed by atoms with Crippen molar-refractivity contribution in [1.29, 1.82) is 0 Å². The smallest absolute Gasteiger partial charge is 0.0190 e. The van der Waals surface area contributed by atoms with Crippen LogP contribution < -0.4 is 0 Å². The molecule has 0 aliphatic heterocycles. The van der Waals surface area contributed by atoms with Crippen LogP contribution in [0.3, 0.4) is 0 Å². The first-order chi connectivity index (χ1) is 7.04. The summed E-state index contributed by atoms with van der Waals surface area (Å²) >= 11 is 0. The Balaban J connectivity index is 2.38. The summed E-state index contributed by atoms with van der Waals surface area (Å²) in [5, 5.41) is 0. The van der Waals surface area contributed by atoms with Gasteiger partial charge in [-0.1, -0.05) is 48.5 Å². The summed E-state index contributed by atoms with van der Waals surface area (Å²) in [5.41, 5.74) is 2.24. The van der Waals surface area contributed by atoms with Gasteiger partial charge in [0.05, 0.1) is 0 Å². The van der Waals surface area contributed by atoms with Crippen LogP contribution in [0.2, 0.25) is 0 Å². The molecule has 0 saturated heterocycles. The van der Waals surface area contributed by atoms with Crippen LogP contribution in [0.5, 0.6) is 0 Å². The molecule has 0 aromatic carbocycles. The maximum Gasteiger partial charge on any atom is -0.0190 e. The van der Waals surface area contributed by atoms with Gasteiger partial charge < -0.3 is 0 Å². The fraction of sp³-hybridized carbons (Fsp3) is 1.00. The highest BCUT2D eigenvalue weighted by molar-refractivity contribution is 5.13. The predicted octanol–water partition coefficient (Wildman–Crippen LogP) is 5.28. The number of hydrogen-bond acceptors (Lipinski definition) is 0. The summed E-state index contributed by atoms with van der Waals surface area (Å²) < 4.78 is 0. The summed E-state index contributed by atoms with van der Waals surface area (Å²) in [6.07, 6.45) is 5.73. The third kappa shape index (κ3) is 1.34. The Labute approximate surface area is 102 Å². The van der Waals surface area contributed by atoms with E-state index in [4.69, 9.17) is 0 Å². The fourth-order valence-corrected chi connectivity index (χ4v) is 4.94. The van der Waals surface area contributed by atoms with E-state index in [0.717, 1.165) is 5.92 Å². The molecular weight excluding hydrogens is 192 g/mol. The highest BCUT2D eigenvalue weighted by Crippen LogP contribution is 2.73. The van der Waals surface area contributed by atoms with Crippen molar-refractivity contribution in [2.75, 3.05) is 0 Å². The lowest BCUT2D eigenvalue weighted by atomic mass is 9.35. The first-order valence-electron chi connectivity index (χ1n) is 7.04. The van der Waals surface area contributed by atoms with Crippen molar-refractivity contribution in [1.82, 2.24) is 0 Å². The predicted molar refractivity (Wildman–Crippen MR) is 71.4 cm³/mol. The van der Waals surface area contributed by atoms with E-state index in [1.807, 2.05) is 0 Å². The van der Waals surface area contributed by atoms with Gasteiger partial charge in [0.15, 0.2) is 0 Å². The van der Waals surface area contributed by atoms with Crippen molar-refractivity contribution < 1.29 is 0 Å². The average Bonchev–Trinajstić information content (AvgIpc) is 2.09. The molecule has 2 fully saturated rings. The van der Waals surface area contributed by atoms with Crippen molar-refractivity contribution in [3.63, 3.8) is 0 Å². The van der Waals surface area contributed by atoms with Crippen LogP contribution in [0.4, 0.5) is 0 Å². The molecule has 0 nitrogen and oxygen atoms in total. The molecular formula is C16H30. The lowest BCUT2D eigenvalue weighted by Gasteiger charge is -2.70. The van der Waals surface area contributed by atoms with E-state index in [9.17, 15) is 0 Å². The van der Waals surface area contributed by atoms with Crippen molar-refractivity contribution >= 4 is 0 Å². The van der Waals surface area contributed by atoms with Crippen LogP contribution in [-0.2, 0) is 0 Å². The normalized spacial score (nSPS) is 44.1. The Kier molecular flexibility index (Phi) is 2.38. The third-order valence-corrected chi connectivity index (χ3v) is 6.68. The van der Waals surface area contributed by atoms with Gasteiger partial charge in [0.25, 0.3) is 0 Å². The first-order valence-corrected chi connectivity index (χ1v) is 7.04. The second-order valence-electron chi connectivity index (χ2n) is 8.62. The second kappa shape index (κ2) is 3.06. The summed E-state index contributed by atoms with van der Waals surface area (Å²) in [4.78, 5) is 0. The lowest BCUT2D eigenvalue weighted by molar-refractivity contribution is -0.207. The molecule has 0 heterocycles. The van der Waals surface area contributed by atoms with E-state index in [2.05, 4.69) is 48.5 Å². The molecule has 2 aliphatic rings. The molecule has 2 saturated carbocycles. The minimum Gasteiger partial charge on any atom is -0.0620 e. The van der Waals surface area contributed by atoms with Gasteiger partial charge in [0.2, 0.25) is 0 Å². The standard InChI is InChI=1S/C16H30/c1-12-10-15(6,7)16(11-13(12,2)3)9-8-14(16,4)5/h12H,8-11H2,1-7H3. The van der Waals surface area contributed by atoms with E-state index < -0.39 is 0 Å². The van der Waals surface area contributed by atoms with Gasteiger partial charge in [-0.05, 0) is 53.3 Å². The number of rotatable bonds is 0. The van der Waals surface area contributed by atoms with Crippen molar-refractivity contribution in [2.24, 2.45) is 27.6 Å².